The summed E-state index contributed by atoms with van der Waals surface area (Å²) in [5.74, 6) is 0. The molecule has 0 radical (unpaired) electrons. The van der Waals surface area contributed by atoms with Gasteiger partial charge in [-0.05, 0) is 18.2 Å². The van der Waals surface area contributed by atoms with E-state index in [0.29, 0.717) is 0 Å². The van der Waals surface area contributed by atoms with Gasteiger partial charge in [-0.25, -0.2) is 8.42 Å². The van der Waals surface area contributed by atoms with Crippen molar-refractivity contribution in [3.8, 4) is 0 Å². The van der Waals surface area contributed by atoms with E-state index >= 15 is 0 Å². The Morgan fingerprint density at radius 3 is 0.828 bits per heavy atom. The largest absolute Gasteiger partial charge is 1.00 e. The van der Waals surface area contributed by atoms with Crippen LogP contribution in [0.25, 0.3) is 0 Å². The SMILES string of the molecule is C.C.C.C.C.CCN1C=CN(C)C1.CCN1C=CN(C)C1.FB(F)F.F[B-](F)(F)F.O=S(=O)(F)C(F)(F)F.O=S(=O)(N(C(F)(F)F)C(F)(F)F)C(F)(F)F.[F-].[F-].[K+].[K+]. The second-order valence-corrected chi connectivity index (χ2v) is 11.1. The van der Waals surface area contributed by atoms with Gasteiger partial charge in [-0.3, -0.25) is 12.9 Å². The second-order valence-electron chi connectivity index (χ2n) is 7.98. The van der Waals surface area contributed by atoms with E-state index < -0.39 is 63.0 Å². The molecular formula is C21H44B2F22K2N5O4S2-. The van der Waals surface area contributed by atoms with Crippen LogP contribution in [0.1, 0.15) is 51.0 Å². The molecule has 0 N–H and O–H groups in total. The summed E-state index contributed by atoms with van der Waals surface area (Å²) in [5.41, 5.74) is -12.5. The molecule has 0 bridgehead atoms. The van der Waals surface area contributed by atoms with E-state index in [-0.39, 0.29) is 149 Å². The number of hydrogen-bond donors (Lipinski definition) is 0. The molecular weight excluding hydrogens is 968 g/mol. The summed E-state index contributed by atoms with van der Waals surface area (Å²) in [5, 5.41) is 0. The van der Waals surface area contributed by atoms with E-state index in [1.54, 1.807) is 0 Å². The number of rotatable bonds is 3. The maximum absolute atomic E-state index is 11.6. The van der Waals surface area contributed by atoms with Crippen LogP contribution >= 0.6 is 0 Å². The van der Waals surface area contributed by atoms with Gasteiger partial charge in [0.1, 0.15) is 0 Å². The molecule has 2 aliphatic heterocycles. The van der Waals surface area contributed by atoms with E-state index in [1.165, 1.54) is 0 Å². The summed E-state index contributed by atoms with van der Waals surface area (Å²) in [6.45, 7) is 8.64. The van der Waals surface area contributed by atoms with Crippen molar-refractivity contribution in [1.29, 1.82) is 0 Å². The fourth-order valence-corrected chi connectivity index (χ4v) is 2.86. The third kappa shape index (κ3) is 50.8. The van der Waals surface area contributed by atoms with Crippen molar-refractivity contribution >= 4 is 35.0 Å². The topological polar surface area (TPSA) is 84.5 Å². The Morgan fingerprint density at radius 2 is 0.776 bits per heavy atom. The Labute approximate surface area is 410 Å². The van der Waals surface area contributed by atoms with Crippen molar-refractivity contribution in [2.75, 3.05) is 40.5 Å². The quantitative estimate of drug-likeness (QED) is 0.136. The number of hydrogen-bond acceptors (Lipinski definition) is 8. The van der Waals surface area contributed by atoms with Gasteiger partial charge in [-0.1, -0.05) is 41.0 Å². The molecule has 0 aromatic heterocycles. The zero-order chi connectivity index (χ0) is 40.6. The third-order valence-electron chi connectivity index (χ3n) is 3.96. The van der Waals surface area contributed by atoms with Crippen molar-refractivity contribution in [3.05, 3.63) is 24.8 Å². The zero-order valence-corrected chi connectivity index (χ0v) is 35.2. The molecule has 9 nitrogen and oxygen atoms in total. The van der Waals surface area contributed by atoms with Crippen LogP contribution < -0.4 is 112 Å². The second kappa shape index (κ2) is 39.0. The molecule has 0 aliphatic carbocycles. The molecule has 0 atom stereocenters. The summed E-state index contributed by atoms with van der Waals surface area (Å²) >= 11 is 0. The Morgan fingerprint density at radius 1 is 0.586 bits per heavy atom. The first kappa shape index (κ1) is 93.4. The van der Waals surface area contributed by atoms with Gasteiger partial charge in [0.05, 0.1) is 13.3 Å². The van der Waals surface area contributed by atoms with Gasteiger partial charge in [0.2, 0.25) is 0 Å². The van der Waals surface area contributed by atoms with Crippen LogP contribution in [0.5, 0.6) is 0 Å². The Bertz CT molecular complexity index is 1170. The van der Waals surface area contributed by atoms with Crippen molar-refractivity contribution in [2.24, 2.45) is 0 Å². The van der Waals surface area contributed by atoms with Crippen molar-refractivity contribution in [2.45, 2.75) is 74.6 Å². The minimum atomic E-state index is -7.57. The molecule has 58 heavy (non-hydrogen) atoms. The fraction of sp³-hybridized carbons (Fsp3) is 0.810. The predicted octanol–water partition coefficient (Wildman–Crippen LogP) is -2.28. The summed E-state index contributed by atoms with van der Waals surface area (Å²) < 4.78 is 249. The van der Waals surface area contributed by atoms with Gasteiger partial charge in [-0.2, -0.15) is 61.1 Å². The van der Waals surface area contributed by atoms with Gasteiger partial charge in [0, 0.05) is 52.0 Å². The van der Waals surface area contributed by atoms with Crippen LogP contribution in [0.2, 0.25) is 0 Å². The number of nitrogens with zero attached hydrogens (tertiary/aromatic N) is 5. The molecule has 0 amide bonds. The van der Waals surface area contributed by atoms with Crippen molar-refractivity contribution in [1.82, 2.24) is 23.9 Å². The average Bonchev–Trinajstić information content (AvgIpc) is 3.42. The molecule has 37 heteroatoms. The first-order chi connectivity index (χ1) is 21.2. The summed E-state index contributed by atoms with van der Waals surface area (Å²) in [6, 6.07) is 0. The number of sulfonamides is 1. The smallest absolute Gasteiger partial charge is 1.00 e. The molecule has 0 fully saturated rings. The Hall–Kier alpha value is 0.403. The molecule has 0 spiro atoms. The first-order valence-electron chi connectivity index (χ1n) is 11.6. The number of alkyl halides is 12. The molecule has 2 aliphatic rings. The monoisotopic (exact) mass is 1010 g/mol. The molecule has 2 heterocycles. The first-order valence-corrected chi connectivity index (χ1v) is 14.4. The maximum atomic E-state index is 11.6. The van der Waals surface area contributed by atoms with Gasteiger partial charge in [0.25, 0.3) is 0 Å². The summed E-state index contributed by atoms with van der Waals surface area (Å²) in [6.07, 6.45) is -5.12. The van der Waals surface area contributed by atoms with Crippen LogP contribution in [0, 0.1) is 0 Å². The van der Waals surface area contributed by atoms with E-state index in [1.807, 2.05) is 0 Å². The van der Waals surface area contributed by atoms with Crippen molar-refractivity contribution < 1.29 is 216 Å². The van der Waals surface area contributed by atoms with Crippen LogP contribution in [-0.2, 0) is 20.2 Å². The standard InChI is InChI=1S/2C6H12N2.C3F9NO2S.CF4O2S.5CH4.BF4.BF3.2FH.2K/c2*1-3-8-5-4-7(2)6-8;4-1(5,6)13(2(7,8)9)16(14,15)3(10,11)12;2-1(3,4)8(5,6)7;;;;;;2-1(3,4)5;2-1(3)4;;;;/h2*4-5H,3,6H2,1-2H3;;;5*1H4;;;2*1H;;/q;;;;;;;;;-1;;;;2*+1/p-2. The van der Waals surface area contributed by atoms with Gasteiger partial charge < -0.3 is 46.3 Å². The zero-order valence-electron chi connectivity index (χ0n) is 27.3. The Balaban J connectivity index is -0.0000000388. The average molecular weight is 1010 g/mol. The van der Waals surface area contributed by atoms with Gasteiger partial charge in [0.15, 0.2) is 0 Å². The van der Waals surface area contributed by atoms with E-state index in [2.05, 4.69) is 72.3 Å². The molecule has 2 rings (SSSR count). The maximum Gasteiger partial charge on any atom is 1.00 e. The predicted molar refractivity (Wildman–Crippen MR) is 166 cm³/mol. The minimum absolute atomic E-state index is 0. The molecule has 0 saturated heterocycles. The van der Waals surface area contributed by atoms with E-state index in [9.17, 15) is 95.2 Å². The minimum Gasteiger partial charge on any atom is -1.00 e. The van der Waals surface area contributed by atoms with Crippen LogP contribution in [0.3, 0.4) is 0 Å². The molecule has 0 aromatic carbocycles. The Kier molecular flexibility index (Phi) is 62.8. The summed E-state index contributed by atoms with van der Waals surface area (Å²) in [7, 11) is -19.4. The van der Waals surface area contributed by atoms with Crippen LogP contribution in [0.4, 0.5) is 86.8 Å². The van der Waals surface area contributed by atoms with E-state index in [0.717, 1.165) is 26.4 Å². The van der Waals surface area contributed by atoms with Crippen LogP contribution in [0.15, 0.2) is 24.8 Å². The summed E-state index contributed by atoms with van der Waals surface area (Å²) in [4.78, 5) is 8.81. The van der Waals surface area contributed by atoms with E-state index in [4.69, 9.17) is 8.42 Å². The van der Waals surface area contributed by atoms with Crippen molar-refractivity contribution in [3.63, 3.8) is 0 Å². The molecule has 352 valence electrons. The molecule has 0 aromatic rings. The molecule has 0 saturated carbocycles. The fourth-order valence-electron chi connectivity index (χ4n) is 2.11. The molecule has 0 unspecified atom stereocenters. The van der Waals surface area contributed by atoms with Gasteiger partial charge in [-0.15, -0.1) is 0 Å². The number of halogens is 22. The normalized spacial score (nSPS) is 12.8. The third-order valence-corrected chi connectivity index (χ3v) is 5.99. The van der Waals surface area contributed by atoms with Gasteiger partial charge >= 0.3 is 161 Å². The van der Waals surface area contributed by atoms with Crippen LogP contribution in [-0.4, -0.2) is 120 Å².